The molecule has 2 heterocycles. The first kappa shape index (κ1) is 19.9. The standard InChI is InChI=1S/C22H22FN3O4/c1-29-20-13-17(25-8-10-30-11-9-25)7-6-15(20)12-19-21(27)26(22(28)24-19)14-16-4-2-3-5-18(16)23/h2-7,12-13H,8-11,14H2,1H3,(H,24,28)/b19-12-. The molecular weight excluding hydrogens is 389 g/mol. The number of ether oxygens (including phenoxy) is 2. The van der Waals surface area contributed by atoms with E-state index in [2.05, 4.69) is 10.2 Å². The van der Waals surface area contributed by atoms with Crippen LogP contribution in [0.5, 0.6) is 5.75 Å². The van der Waals surface area contributed by atoms with Crippen LogP contribution in [-0.4, -0.2) is 50.3 Å². The van der Waals surface area contributed by atoms with Crippen molar-refractivity contribution in [3.8, 4) is 5.75 Å². The van der Waals surface area contributed by atoms with Crippen molar-refractivity contribution >= 4 is 23.7 Å². The molecule has 4 rings (SSSR count). The Hall–Kier alpha value is -3.39. The average molecular weight is 411 g/mol. The van der Waals surface area contributed by atoms with E-state index in [0.717, 1.165) is 23.7 Å². The average Bonchev–Trinajstić information content (AvgIpc) is 3.03. The highest BCUT2D eigenvalue weighted by Crippen LogP contribution is 2.29. The molecule has 2 aliphatic rings. The van der Waals surface area contributed by atoms with Crippen LogP contribution in [-0.2, 0) is 16.1 Å². The van der Waals surface area contributed by atoms with Crippen LogP contribution >= 0.6 is 0 Å². The summed E-state index contributed by atoms with van der Waals surface area (Å²) in [5.74, 6) is -0.389. The second-order valence-electron chi connectivity index (χ2n) is 7.00. The fraction of sp³-hybridized carbons (Fsp3) is 0.273. The van der Waals surface area contributed by atoms with Crippen molar-refractivity contribution in [1.82, 2.24) is 10.2 Å². The molecule has 0 spiro atoms. The third kappa shape index (κ3) is 3.99. The predicted octanol–water partition coefficient (Wildman–Crippen LogP) is 2.76. The lowest BCUT2D eigenvalue weighted by molar-refractivity contribution is -0.123. The highest BCUT2D eigenvalue weighted by atomic mass is 19.1. The summed E-state index contributed by atoms with van der Waals surface area (Å²) in [5, 5.41) is 2.56. The van der Waals surface area contributed by atoms with Crippen molar-refractivity contribution in [2.45, 2.75) is 6.54 Å². The number of carbonyl (C=O) groups excluding carboxylic acids is 2. The Morgan fingerprint density at radius 2 is 1.93 bits per heavy atom. The number of morpholine rings is 1. The van der Waals surface area contributed by atoms with Gasteiger partial charge in [-0.2, -0.15) is 0 Å². The minimum atomic E-state index is -0.585. The van der Waals surface area contributed by atoms with Gasteiger partial charge in [-0.25, -0.2) is 9.18 Å². The number of halogens is 1. The quantitative estimate of drug-likeness (QED) is 0.605. The smallest absolute Gasteiger partial charge is 0.329 e. The fourth-order valence-corrected chi connectivity index (χ4v) is 3.50. The van der Waals surface area contributed by atoms with Gasteiger partial charge >= 0.3 is 6.03 Å². The maximum Gasteiger partial charge on any atom is 0.329 e. The molecule has 0 radical (unpaired) electrons. The van der Waals surface area contributed by atoms with Gasteiger partial charge in [-0.1, -0.05) is 18.2 Å². The fourth-order valence-electron chi connectivity index (χ4n) is 3.50. The van der Waals surface area contributed by atoms with Crippen LogP contribution in [0.2, 0.25) is 0 Å². The van der Waals surface area contributed by atoms with Gasteiger partial charge in [-0.05, 0) is 24.3 Å². The second kappa shape index (κ2) is 8.54. The van der Waals surface area contributed by atoms with Gasteiger partial charge in [0, 0.05) is 36.0 Å². The highest BCUT2D eigenvalue weighted by Gasteiger charge is 2.34. The van der Waals surface area contributed by atoms with Crippen LogP contribution in [0, 0.1) is 5.82 Å². The zero-order valence-electron chi connectivity index (χ0n) is 16.6. The normalized spacial score (nSPS) is 18.1. The Labute approximate surface area is 173 Å². The lowest BCUT2D eigenvalue weighted by Crippen LogP contribution is -2.36. The molecule has 2 aromatic carbocycles. The molecule has 156 valence electrons. The molecular formula is C22H22FN3O4. The number of nitrogens with zero attached hydrogens (tertiary/aromatic N) is 2. The number of anilines is 1. The molecule has 7 nitrogen and oxygen atoms in total. The molecule has 0 saturated carbocycles. The molecule has 0 aromatic heterocycles. The largest absolute Gasteiger partial charge is 0.496 e. The summed E-state index contributed by atoms with van der Waals surface area (Å²) < 4.78 is 24.8. The molecule has 2 fully saturated rings. The van der Waals surface area contributed by atoms with E-state index in [0.29, 0.717) is 24.5 Å². The van der Waals surface area contributed by atoms with Crippen molar-refractivity contribution in [3.05, 3.63) is 65.1 Å². The van der Waals surface area contributed by atoms with Crippen LogP contribution in [0.3, 0.4) is 0 Å². The molecule has 3 amide bonds. The van der Waals surface area contributed by atoms with Gasteiger partial charge < -0.3 is 19.7 Å². The first-order valence-electron chi connectivity index (χ1n) is 9.65. The molecule has 8 heteroatoms. The van der Waals surface area contributed by atoms with Crippen LogP contribution < -0.4 is 15.0 Å². The van der Waals surface area contributed by atoms with E-state index in [1.807, 2.05) is 18.2 Å². The van der Waals surface area contributed by atoms with Gasteiger partial charge in [0.2, 0.25) is 0 Å². The van der Waals surface area contributed by atoms with E-state index in [9.17, 15) is 14.0 Å². The summed E-state index contributed by atoms with van der Waals surface area (Å²) >= 11 is 0. The molecule has 0 unspecified atom stereocenters. The van der Waals surface area contributed by atoms with E-state index in [-0.39, 0.29) is 17.8 Å². The minimum Gasteiger partial charge on any atom is -0.496 e. The number of carbonyl (C=O) groups is 2. The number of rotatable bonds is 5. The maximum atomic E-state index is 13.9. The van der Waals surface area contributed by atoms with Gasteiger partial charge in [0.15, 0.2) is 0 Å². The van der Waals surface area contributed by atoms with Crippen molar-refractivity contribution in [2.75, 3.05) is 38.3 Å². The number of hydrogen-bond acceptors (Lipinski definition) is 5. The number of imide groups is 1. The molecule has 2 aliphatic heterocycles. The zero-order valence-corrected chi connectivity index (χ0v) is 16.6. The van der Waals surface area contributed by atoms with Gasteiger partial charge in [0.25, 0.3) is 5.91 Å². The Kier molecular flexibility index (Phi) is 5.67. The monoisotopic (exact) mass is 411 g/mol. The lowest BCUT2D eigenvalue weighted by atomic mass is 10.1. The molecule has 30 heavy (non-hydrogen) atoms. The molecule has 1 N–H and O–H groups in total. The van der Waals surface area contributed by atoms with Gasteiger partial charge in [-0.3, -0.25) is 9.69 Å². The first-order chi connectivity index (χ1) is 14.6. The Morgan fingerprint density at radius 1 is 1.17 bits per heavy atom. The molecule has 2 aromatic rings. The summed E-state index contributed by atoms with van der Waals surface area (Å²) in [7, 11) is 1.56. The lowest BCUT2D eigenvalue weighted by Gasteiger charge is -2.29. The van der Waals surface area contributed by atoms with Crippen molar-refractivity contribution in [2.24, 2.45) is 0 Å². The van der Waals surface area contributed by atoms with Crippen LogP contribution in [0.15, 0.2) is 48.2 Å². The molecule has 0 bridgehead atoms. The highest BCUT2D eigenvalue weighted by molar-refractivity contribution is 6.14. The van der Waals surface area contributed by atoms with E-state index >= 15 is 0 Å². The Balaban J connectivity index is 1.56. The third-order valence-corrected chi connectivity index (χ3v) is 5.14. The summed E-state index contributed by atoms with van der Waals surface area (Å²) in [6.45, 7) is 2.80. The van der Waals surface area contributed by atoms with Crippen LogP contribution in [0.1, 0.15) is 11.1 Å². The maximum absolute atomic E-state index is 13.9. The molecule has 0 atom stereocenters. The first-order valence-corrected chi connectivity index (χ1v) is 9.65. The summed E-state index contributed by atoms with van der Waals surface area (Å²) in [5.41, 5.74) is 2.05. The number of amides is 3. The van der Waals surface area contributed by atoms with Crippen LogP contribution in [0.25, 0.3) is 6.08 Å². The number of methoxy groups -OCH3 is 1. The molecule has 2 saturated heterocycles. The van der Waals surface area contributed by atoms with Gasteiger partial charge in [0.05, 0.1) is 26.9 Å². The summed E-state index contributed by atoms with van der Waals surface area (Å²) in [4.78, 5) is 28.2. The zero-order chi connectivity index (χ0) is 21.1. The number of hydrogen-bond donors (Lipinski definition) is 1. The summed E-state index contributed by atoms with van der Waals surface area (Å²) in [6.07, 6.45) is 1.57. The number of benzene rings is 2. The summed E-state index contributed by atoms with van der Waals surface area (Å²) in [6, 6.07) is 11.2. The third-order valence-electron chi connectivity index (χ3n) is 5.14. The van der Waals surface area contributed by atoms with E-state index in [4.69, 9.17) is 9.47 Å². The predicted molar refractivity (Wildman–Crippen MR) is 109 cm³/mol. The van der Waals surface area contributed by atoms with E-state index < -0.39 is 17.8 Å². The Bertz CT molecular complexity index is 1000. The minimum absolute atomic E-state index is 0.119. The topological polar surface area (TPSA) is 71.1 Å². The van der Waals surface area contributed by atoms with E-state index in [1.54, 1.807) is 31.4 Å². The number of nitrogens with one attached hydrogen (secondary N) is 1. The Morgan fingerprint density at radius 3 is 2.67 bits per heavy atom. The van der Waals surface area contributed by atoms with Crippen molar-refractivity contribution < 1.29 is 23.5 Å². The van der Waals surface area contributed by atoms with Crippen LogP contribution in [0.4, 0.5) is 14.9 Å². The second-order valence-corrected chi connectivity index (χ2v) is 7.00. The number of urea groups is 1. The van der Waals surface area contributed by atoms with Crippen molar-refractivity contribution in [3.63, 3.8) is 0 Å². The van der Waals surface area contributed by atoms with Gasteiger partial charge in [-0.15, -0.1) is 0 Å². The molecule has 0 aliphatic carbocycles. The van der Waals surface area contributed by atoms with Crippen molar-refractivity contribution in [1.29, 1.82) is 0 Å². The SMILES string of the molecule is COc1cc(N2CCOCC2)ccc1/C=C1\NC(=O)N(Cc2ccccc2F)C1=O. The van der Waals surface area contributed by atoms with Gasteiger partial charge in [0.1, 0.15) is 17.3 Å². The van der Waals surface area contributed by atoms with E-state index in [1.165, 1.54) is 6.07 Å².